The van der Waals surface area contributed by atoms with Crippen molar-refractivity contribution in [1.82, 2.24) is 0 Å². The molecule has 0 rings (SSSR count). The normalized spacial score (nSPS) is 12.8. The number of ether oxygens (including phenoxy) is 1. The van der Waals surface area contributed by atoms with Crippen molar-refractivity contribution < 1.29 is 24.5 Å². The first-order chi connectivity index (χ1) is 5.70. The first-order valence-electron chi connectivity index (χ1n) is 3.29. The zero-order valence-electron chi connectivity index (χ0n) is 6.34. The number of hydrogen-bond acceptors (Lipinski definition) is 5. The van der Waals surface area contributed by atoms with Crippen molar-refractivity contribution in [1.29, 1.82) is 0 Å². The maximum Gasteiger partial charge on any atom is 0.316 e. The molecule has 1 atom stereocenters. The smallest absolute Gasteiger partial charge is 0.316 e. The highest BCUT2D eigenvalue weighted by atomic mass is 16.6. The summed E-state index contributed by atoms with van der Waals surface area (Å²) in [4.78, 5) is 20.1. The first-order valence-corrected chi connectivity index (χ1v) is 3.29. The van der Waals surface area contributed by atoms with Gasteiger partial charge in [-0.15, -0.1) is 0 Å². The van der Waals surface area contributed by atoms with Crippen LogP contribution in [0.2, 0.25) is 0 Å². The van der Waals surface area contributed by atoms with Crippen molar-refractivity contribution in [2.45, 2.75) is 12.5 Å². The average molecular weight is 174 g/mol. The van der Waals surface area contributed by atoms with E-state index < -0.39 is 12.1 Å². The van der Waals surface area contributed by atoms with E-state index in [0.29, 0.717) is 0 Å². The molecule has 0 aromatic heterocycles. The SMILES string of the molecule is O=COC(=O)CC(O)C=CCO. The molecule has 0 aliphatic heterocycles. The molecule has 68 valence electrons. The molecular weight excluding hydrogens is 164 g/mol. The van der Waals surface area contributed by atoms with Crippen LogP contribution in [0.4, 0.5) is 0 Å². The number of esters is 1. The molecule has 0 aliphatic rings. The summed E-state index contributed by atoms with van der Waals surface area (Å²) in [5.74, 6) is -0.805. The summed E-state index contributed by atoms with van der Waals surface area (Å²) in [5, 5.41) is 17.2. The predicted molar refractivity (Wildman–Crippen MR) is 39.0 cm³/mol. The Bertz CT molecular complexity index is 175. The Labute approximate surface area is 69.3 Å². The standard InChI is InChI=1S/C7H10O5/c8-3-1-2-6(10)4-7(11)12-5-9/h1-2,5-6,8,10H,3-4H2. The van der Waals surface area contributed by atoms with Crippen molar-refractivity contribution in [3.05, 3.63) is 12.2 Å². The summed E-state index contributed by atoms with van der Waals surface area (Å²) in [5.41, 5.74) is 0. The van der Waals surface area contributed by atoms with Gasteiger partial charge in [0, 0.05) is 0 Å². The summed E-state index contributed by atoms with van der Waals surface area (Å²) in [6.07, 6.45) is 1.21. The molecule has 0 amide bonds. The molecule has 0 aromatic rings. The van der Waals surface area contributed by atoms with Gasteiger partial charge in [-0.05, 0) is 0 Å². The van der Waals surface area contributed by atoms with Gasteiger partial charge in [0.05, 0.1) is 19.1 Å². The van der Waals surface area contributed by atoms with Gasteiger partial charge in [-0.3, -0.25) is 9.59 Å². The van der Waals surface area contributed by atoms with E-state index in [1.807, 2.05) is 0 Å². The molecule has 0 heterocycles. The molecule has 12 heavy (non-hydrogen) atoms. The Morgan fingerprint density at radius 1 is 1.58 bits per heavy atom. The van der Waals surface area contributed by atoms with E-state index in [0.717, 1.165) is 0 Å². The lowest BCUT2D eigenvalue weighted by Gasteiger charge is -2.01. The fourth-order valence-corrected chi connectivity index (χ4v) is 0.559. The van der Waals surface area contributed by atoms with Gasteiger partial charge in [0.2, 0.25) is 0 Å². The van der Waals surface area contributed by atoms with Gasteiger partial charge < -0.3 is 14.9 Å². The second-order valence-electron chi connectivity index (χ2n) is 1.97. The van der Waals surface area contributed by atoms with E-state index in [4.69, 9.17) is 10.2 Å². The fraction of sp³-hybridized carbons (Fsp3) is 0.429. The Kier molecular flexibility index (Phi) is 5.86. The Morgan fingerprint density at radius 3 is 2.75 bits per heavy atom. The molecule has 2 N–H and O–H groups in total. The number of aliphatic hydroxyl groups excluding tert-OH is 2. The van der Waals surface area contributed by atoms with Gasteiger partial charge in [0.1, 0.15) is 0 Å². The molecule has 0 saturated carbocycles. The minimum Gasteiger partial charge on any atom is -0.395 e. The highest BCUT2D eigenvalue weighted by Gasteiger charge is 2.07. The van der Waals surface area contributed by atoms with Crippen LogP contribution in [0.15, 0.2) is 12.2 Å². The molecule has 1 unspecified atom stereocenters. The maximum atomic E-state index is 10.5. The Morgan fingerprint density at radius 2 is 2.25 bits per heavy atom. The zero-order chi connectivity index (χ0) is 9.40. The van der Waals surface area contributed by atoms with Crippen LogP contribution in [0.3, 0.4) is 0 Å². The minimum atomic E-state index is -1.02. The van der Waals surface area contributed by atoms with Gasteiger partial charge in [-0.2, -0.15) is 0 Å². The van der Waals surface area contributed by atoms with Crippen molar-refractivity contribution in [2.24, 2.45) is 0 Å². The van der Waals surface area contributed by atoms with Crippen molar-refractivity contribution in [3.63, 3.8) is 0 Å². The second kappa shape index (κ2) is 6.51. The van der Waals surface area contributed by atoms with Crippen molar-refractivity contribution in [2.75, 3.05) is 6.61 Å². The summed E-state index contributed by atoms with van der Waals surface area (Å²) >= 11 is 0. The number of carbonyl (C=O) groups is 2. The highest BCUT2D eigenvalue weighted by molar-refractivity contribution is 5.76. The second-order valence-corrected chi connectivity index (χ2v) is 1.97. The summed E-state index contributed by atoms with van der Waals surface area (Å²) in [7, 11) is 0. The first kappa shape index (κ1) is 10.8. The van der Waals surface area contributed by atoms with Crippen LogP contribution < -0.4 is 0 Å². The summed E-state index contributed by atoms with van der Waals surface area (Å²) in [6, 6.07) is 0. The van der Waals surface area contributed by atoms with Crippen LogP contribution >= 0.6 is 0 Å². The van der Waals surface area contributed by atoms with Gasteiger partial charge >= 0.3 is 12.4 Å². The molecule has 5 nitrogen and oxygen atoms in total. The van der Waals surface area contributed by atoms with Crippen LogP contribution in [-0.2, 0) is 14.3 Å². The number of aliphatic hydroxyl groups is 2. The predicted octanol–water partition coefficient (Wildman–Crippen LogP) is -1.01. The van der Waals surface area contributed by atoms with E-state index in [1.165, 1.54) is 12.2 Å². The van der Waals surface area contributed by atoms with Crippen molar-refractivity contribution in [3.8, 4) is 0 Å². The lowest BCUT2D eigenvalue weighted by atomic mass is 10.2. The van der Waals surface area contributed by atoms with Gasteiger partial charge in [0.25, 0.3) is 0 Å². The Hall–Kier alpha value is -1.20. The summed E-state index contributed by atoms with van der Waals surface area (Å²) < 4.78 is 3.92. The third-order valence-corrected chi connectivity index (χ3v) is 1.02. The van der Waals surface area contributed by atoms with E-state index in [1.54, 1.807) is 0 Å². The molecule has 0 fully saturated rings. The number of rotatable bonds is 5. The minimum absolute atomic E-state index is 0.00477. The average Bonchev–Trinajstić information content (AvgIpc) is 2.01. The van der Waals surface area contributed by atoms with Crippen LogP contribution in [0.1, 0.15) is 6.42 Å². The lowest BCUT2D eigenvalue weighted by Crippen LogP contribution is -2.13. The fourth-order valence-electron chi connectivity index (χ4n) is 0.559. The van der Waals surface area contributed by atoms with Crippen molar-refractivity contribution >= 4 is 12.4 Å². The van der Waals surface area contributed by atoms with Crippen LogP contribution in [0, 0.1) is 0 Å². The van der Waals surface area contributed by atoms with E-state index in [2.05, 4.69) is 4.74 Å². The lowest BCUT2D eigenvalue weighted by molar-refractivity contribution is -0.152. The molecule has 0 radical (unpaired) electrons. The molecule has 0 aliphatic carbocycles. The highest BCUT2D eigenvalue weighted by Crippen LogP contribution is 1.95. The van der Waals surface area contributed by atoms with E-state index in [-0.39, 0.29) is 19.5 Å². The van der Waals surface area contributed by atoms with Gasteiger partial charge in [0.15, 0.2) is 0 Å². The Balaban J connectivity index is 3.67. The third kappa shape index (κ3) is 5.57. The molecule has 5 heteroatoms. The molecule has 0 aromatic carbocycles. The topological polar surface area (TPSA) is 83.8 Å². The largest absolute Gasteiger partial charge is 0.395 e. The third-order valence-electron chi connectivity index (χ3n) is 1.02. The van der Waals surface area contributed by atoms with E-state index >= 15 is 0 Å². The van der Waals surface area contributed by atoms with Gasteiger partial charge in [-0.1, -0.05) is 12.2 Å². The molecule has 0 bridgehead atoms. The summed E-state index contributed by atoms with van der Waals surface area (Å²) in [6.45, 7) is -0.204. The van der Waals surface area contributed by atoms with Crippen LogP contribution in [0.5, 0.6) is 0 Å². The quantitative estimate of drug-likeness (QED) is 0.241. The molecular formula is C7H10O5. The number of carbonyl (C=O) groups excluding carboxylic acids is 2. The maximum absolute atomic E-state index is 10.5. The van der Waals surface area contributed by atoms with E-state index in [9.17, 15) is 9.59 Å². The molecule has 0 spiro atoms. The van der Waals surface area contributed by atoms with Crippen LogP contribution in [-0.4, -0.2) is 35.4 Å². The van der Waals surface area contributed by atoms with Gasteiger partial charge in [-0.25, -0.2) is 0 Å². The zero-order valence-corrected chi connectivity index (χ0v) is 6.34. The monoisotopic (exact) mass is 174 g/mol. The van der Waals surface area contributed by atoms with Crippen LogP contribution in [0.25, 0.3) is 0 Å². The molecule has 0 saturated heterocycles. The number of hydrogen-bond donors (Lipinski definition) is 2.